The Bertz CT molecular complexity index is 407. The second-order valence-electron chi connectivity index (χ2n) is 5.09. The minimum atomic E-state index is -0.356. The molecule has 0 aliphatic heterocycles. The predicted octanol–water partition coefficient (Wildman–Crippen LogP) is 2.28. The molecular formula is C15H22FNO2. The fourth-order valence-electron chi connectivity index (χ4n) is 1.99. The molecule has 2 unspecified atom stereocenters. The van der Waals surface area contributed by atoms with Gasteiger partial charge in [0.2, 0.25) is 5.91 Å². The molecule has 4 heteroatoms. The van der Waals surface area contributed by atoms with Gasteiger partial charge in [-0.25, -0.2) is 4.39 Å². The molecule has 106 valence electrons. The molecule has 1 aromatic rings. The number of hydrogen-bond donors (Lipinski definition) is 2. The highest BCUT2D eigenvalue weighted by atomic mass is 19.1. The summed E-state index contributed by atoms with van der Waals surface area (Å²) >= 11 is 0. The van der Waals surface area contributed by atoms with Crippen molar-refractivity contribution in [1.29, 1.82) is 0 Å². The molecule has 3 nitrogen and oxygen atoms in total. The quantitative estimate of drug-likeness (QED) is 0.796. The largest absolute Gasteiger partial charge is 0.393 e. The van der Waals surface area contributed by atoms with E-state index in [1.807, 2.05) is 6.92 Å². The van der Waals surface area contributed by atoms with Gasteiger partial charge in [0.25, 0.3) is 0 Å². The van der Waals surface area contributed by atoms with E-state index in [-0.39, 0.29) is 30.2 Å². The monoisotopic (exact) mass is 267 g/mol. The second-order valence-corrected chi connectivity index (χ2v) is 5.09. The lowest BCUT2D eigenvalue weighted by atomic mass is 10.0. The Morgan fingerprint density at radius 2 is 2.05 bits per heavy atom. The minimum Gasteiger partial charge on any atom is -0.393 e. The molecule has 2 N–H and O–H groups in total. The number of amides is 1. The van der Waals surface area contributed by atoms with Gasteiger partial charge in [0.15, 0.2) is 0 Å². The molecule has 0 saturated heterocycles. The molecule has 0 aliphatic carbocycles. The molecule has 0 aromatic heterocycles. The molecule has 0 aliphatic rings. The van der Waals surface area contributed by atoms with E-state index >= 15 is 0 Å². The maximum Gasteiger partial charge on any atom is 0.220 e. The van der Waals surface area contributed by atoms with Crippen LogP contribution in [0.5, 0.6) is 0 Å². The molecule has 0 saturated carbocycles. The van der Waals surface area contributed by atoms with E-state index in [2.05, 4.69) is 5.32 Å². The van der Waals surface area contributed by atoms with Crippen molar-refractivity contribution >= 4 is 5.91 Å². The Morgan fingerprint density at radius 3 is 2.68 bits per heavy atom. The molecule has 1 aromatic carbocycles. The summed E-state index contributed by atoms with van der Waals surface area (Å²) in [5.74, 6) is -0.115. The SMILES string of the molecule is CC(O)CC(C)CNC(=O)CCc1ccccc1F. The van der Waals surface area contributed by atoms with Crippen molar-refractivity contribution in [3.8, 4) is 0 Å². The third-order valence-corrected chi connectivity index (χ3v) is 2.97. The van der Waals surface area contributed by atoms with Crippen LogP contribution in [0, 0.1) is 11.7 Å². The molecule has 1 rings (SSSR count). The number of nitrogens with one attached hydrogen (secondary N) is 1. The summed E-state index contributed by atoms with van der Waals surface area (Å²) in [5.41, 5.74) is 0.565. The zero-order valence-corrected chi connectivity index (χ0v) is 11.5. The zero-order chi connectivity index (χ0) is 14.3. The lowest BCUT2D eigenvalue weighted by Crippen LogP contribution is -2.29. The van der Waals surface area contributed by atoms with Crippen LogP contribution in [-0.2, 0) is 11.2 Å². The van der Waals surface area contributed by atoms with Gasteiger partial charge < -0.3 is 10.4 Å². The van der Waals surface area contributed by atoms with Gasteiger partial charge in [-0.1, -0.05) is 25.1 Å². The number of aliphatic hydroxyl groups is 1. The highest BCUT2D eigenvalue weighted by Gasteiger charge is 2.09. The van der Waals surface area contributed by atoms with Gasteiger partial charge in [0.05, 0.1) is 6.10 Å². The third kappa shape index (κ3) is 6.34. The van der Waals surface area contributed by atoms with Gasteiger partial charge in [-0.3, -0.25) is 4.79 Å². The summed E-state index contributed by atoms with van der Waals surface area (Å²) < 4.78 is 13.3. The zero-order valence-electron chi connectivity index (χ0n) is 11.5. The van der Waals surface area contributed by atoms with Crippen LogP contribution in [0.25, 0.3) is 0 Å². The highest BCUT2D eigenvalue weighted by molar-refractivity contribution is 5.76. The lowest BCUT2D eigenvalue weighted by molar-refractivity contribution is -0.121. The van der Waals surface area contributed by atoms with Crippen LogP contribution in [-0.4, -0.2) is 23.7 Å². The Hall–Kier alpha value is -1.42. The molecule has 0 radical (unpaired) electrons. The highest BCUT2D eigenvalue weighted by Crippen LogP contribution is 2.09. The average Bonchev–Trinajstić information content (AvgIpc) is 2.34. The number of carbonyl (C=O) groups is 1. The van der Waals surface area contributed by atoms with E-state index in [0.717, 1.165) is 0 Å². The third-order valence-electron chi connectivity index (χ3n) is 2.97. The van der Waals surface area contributed by atoms with E-state index in [1.54, 1.807) is 25.1 Å². The van der Waals surface area contributed by atoms with E-state index in [0.29, 0.717) is 24.9 Å². The van der Waals surface area contributed by atoms with Crippen LogP contribution in [0.2, 0.25) is 0 Å². The van der Waals surface area contributed by atoms with Crippen molar-refractivity contribution < 1.29 is 14.3 Å². The Balaban J connectivity index is 2.27. The smallest absolute Gasteiger partial charge is 0.220 e. The van der Waals surface area contributed by atoms with Gasteiger partial charge >= 0.3 is 0 Å². The standard InChI is InChI=1S/C15H22FNO2/c1-11(9-12(2)18)10-17-15(19)8-7-13-5-3-4-6-14(13)16/h3-6,11-12,18H,7-10H2,1-2H3,(H,17,19). The molecule has 19 heavy (non-hydrogen) atoms. The van der Waals surface area contributed by atoms with Crippen molar-refractivity contribution in [2.45, 2.75) is 39.2 Å². The predicted molar refractivity (Wildman–Crippen MR) is 73.2 cm³/mol. The number of hydrogen-bond acceptors (Lipinski definition) is 2. The van der Waals surface area contributed by atoms with Crippen LogP contribution in [0.1, 0.15) is 32.3 Å². The van der Waals surface area contributed by atoms with Crippen LogP contribution in [0.15, 0.2) is 24.3 Å². The normalized spacial score (nSPS) is 13.9. The Labute approximate surface area is 113 Å². The van der Waals surface area contributed by atoms with Crippen molar-refractivity contribution in [1.82, 2.24) is 5.32 Å². The summed E-state index contributed by atoms with van der Waals surface area (Å²) in [6.07, 6.45) is 0.990. The summed E-state index contributed by atoms with van der Waals surface area (Å²) in [6, 6.07) is 6.49. The Morgan fingerprint density at radius 1 is 1.37 bits per heavy atom. The maximum atomic E-state index is 13.3. The summed E-state index contributed by atoms with van der Waals surface area (Å²) in [5, 5.41) is 12.0. The molecule has 0 bridgehead atoms. The van der Waals surface area contributed by atoms with E-state index in [9.17, 15) is 14.3 Å². The number of aliphatic hydroxyl groups excluding tert-OH is 1. The molecular weight excluding hydrogens is 245 g/mol. The average molecular weight is 267 g/mol. The number of carbonyl (C=O) groups excluding carboxylic acids is 1. The molecule has 0 heterocycles. The van der Waals surface area contributed by atoms with Gasteiger partial charge in [0, 0.05) is 13.0 Å². The second kappa shape index (κ2) is 7.89. The lowest BCUT2D eigenvalue weighted by Gasteiger charge is -2.14. The van der Waals surface area contributed by atoms with Gasteiger partial charge in [-0.05, 0) is 37.3 Å². The number of benzene rings is 1. The van der Waals surface area contributed by atoms with Crippen molar-refractivity contribution in [2.24, 2.45) is 5.92 Å². The van der Waals surface area contributed by atoms with Gasteiger partial charge in [-0.2, -0.15) is 0 Å². The molecule has 0 spiro atoms. The fourth-order valence-corrected chi connectivity index (χ4v) is 1.99. The first-order valence-electron chi connectivity index (χ1n) is 6.67. The van der Waals surface area contributed by atoms with Crippen molar-refractivity contribution in [3.05, 3.63) is 35.6 Å². The first-order chi connectivity index (χ1) is 8.99. The van der Waals surface area contributed by atoms with Crippen molar-refractivity contribution in [2.75, 3.05) is 6.54 Å². The van der Waals surface area contributed by atoms with E-state index < -0.39 is 0 Å². The minimum absolute atomic E-state index is 0.0827. The molecule has 2 atom stereocenters. The number of rotatable bonds is 7. The van der Waals surface area contributed by atoms with Crippen LogP contribution >= 0.6 is 0 Å². The van der Waals surface area contributed by atoms with Crippen LogP contribution in [0.3, 0.4) is 0 Å². The maximum absolute atomic E-state index is 13.3. The van der Waals surface area contributed by atoms with E-state index in [1.165, 1.54) is 6.07 Å². The first kappa shape index (κ1) is 15.6. The summed E-state index contributed by atoms with van der Waals surface area (Å²) in [6.45, 7) is 4.25. The van der Waals surface area contributed by atoms with Crippen LogP contribution < -0.4 is 5.32 Å². The van der Waals surface area contributed by atoms with Crippen molar-refractivity contribution in [3.63, 3.8) is 0 Å². The molecule has 1 amide bonds. The summed E-state index contributed by atoms with van der Waals surface area (Å²) in [7, 11) is 0. The topological polar surface area (TPSA) is 49.3 Å². The molecule has 0 fully saturated rings. The van der Waals surface area contributed by atoms with E-state index in [4.69, 9.17) is 0 Å². The first-order valence-corrected chi connectivity index (χ1v) is 6.67. The Kier molecular flexibility index (Phi) is 6.50. The van der Waals surface area contributed by atoms with Gasteiger partial charge in [-0.15, -0.1) is 0 Å². The van der Waals surface area contributed by atoms with Crippen LogP contribution in [0.4, 0.5) is 4.39 Å². The summed E-state index contributed by atoms with van der Waals surface area (Å²) in [4.78, 5) is 11.6. The van der Waals surface area contributed by atoms with Gasteiger partial charge in [0.1, 0.15) is 5.82 Å². The number of aryl methyl sites for hydroxylation is 1. The fraction of sp³-hybridized carbons (Fsp3) is 0.533. The number of halogens is 1.